The normalized spacial score (nSPS) is 17.2. The van der Waals surface area contributed by atoms with Gasteiger partial charge in [-0.05, 0) is 50.5 Å². The molecule has 1 aliphatic heterocycles. The molecule has 1 fully saturated rings. The number of hydrogen-bond donors (Lipinski definition) is 1. The molecule has 190 valence electrons. The van der Waals surface area contributed by atoms with E-state index >= 15 is 0 Å². The van der Waals surface area contributed by atoms with E-state index in [4.69, 9.17) is 33.7 Å². The number of aromatic nitrogens is 2. The molecule has 1 aromatic carbocycles. The van der Waals surface area contributed by atoms with Crippen LogP contribution >= 0.6 is 23.2 Å². The zero-order valence-corrected chi connectivity index (χ0v) is 22.4. The third kappa shape index (κ3) is 5.14. The minimum atomic E-state index is -4.24. The Morgan fingerprint density at radius 2 is 1.97 bits per heavy atom. The molecule has 1 aliphatic rings. The Morgan fingerprint density at radius 1 is 1.22 bits per heavy atom. The minimum Gasteiger partial charge on any atom is -0.473 e. The van der Waals surface area contributed by atoms with Crippen molar-refractivity contribution in [1.29, 1.82) is 0 Å². The number of halogens is 2. The zero-order valence-electron chi connectivity index (χ0n) is 20.0. The summed E-state index contributed by atoms with van der Waals surface area (Å²) in [4.78, 5) is 22.8. The number of rotatable bonds is 7. The van der Waals surface area contributed by atoms with Crippen LogP contribution in [0.2, 0.25) is 10.0 Å². The molecule has 1 unspecified atom stereocenters. The van der Waals surface area contributed by atoms with Crippen LogP contribution in [-0.2, 0) is 16.4 Å². The SMILES string of the molecule is CC1CN(c2nccc(S(=O)(=O)c3cccc(OCc4ccc(Cl)cc4Cl)n3)c2C(N)=O)C(C)(C)C1. The van der Waals surface area contributed by atoms with Crippen molar-refractivity contribution in [2.24, 2.45) is 11.7 Å². The predicted molar refractivity (Wildman–Crippen MR) is 138 cm³/mol. The number of amides is 1. The first-order valence-electron chi connectivity index (χ1n) is 11.3. The topological polar surface area (TPSA) is 115 Å². The molecule has 1 amide bonds. The third-order valence-electron chi connectivity index (χ3n) is 6.12. The Kier molecular flexibility index (Phi) is 7.19. The van der Waals surface area contributed by atoms with Crippen LogP contribution < -0.4 is 15.4 Å². The van der Waals surface area contributed by atoms with Gasteiger partial charge in [0, 0.05) is 40.0 Å². The summed E-state index contributed by atoms with van der Waals surface area (Å²) in [6.45, 7) is 6.83. The fraction of sp³-hybridized carbons (Fsp3) is 0.320. The fourth-order valence-electron chi connectivity index (χ4n) is 4.58. The van der Waals surface area contributed by atoms with E-state index < -0.39 is 15.7 Å². The second-order valence-electron chi connectivity index (χ2n) is 9.45. The van der Waals surface area contributed by atoms with Crippen molar-refractivity contribution in [1.82, 2.24) is 9.97 Å². The van der Waals surface area contributed by atoms with E-state index in [-0.39, 0.29) is 39.3 Å². The van der Waals surface area contributed by atoms with Gasteiger partial charge in [0.2, 0.25) is 15.7 Å². The lowest BCUT2D eigenvalue weighted by Crippen LogP contribution is -2.40. The van der Waals surface area contributed by atoms with E-state index in [9.17, 15) is 13.2 Å². The Bertz CT molecular complexity index is 1430. The van der Waals surface area contributed by atoms with Gasteiger partial charge in [-0.1, -0.05) is 42.3 Å². The number of nitrogens with two attached hydrogens (primary N) is 1. The van der Waals surface area contributed by atoms with Gasteiger partial charge in [-0.25, -0.2) is 18.4 Å². The Morgan fingerprint density at radius 3 is 2.61 bits per heavy atom. The van der Waals surface area contributed by atoms with E-state index in [0.717, 1.165) is 6.42 Å². The molecule has 0 saturated carbocycles. The fourth-order valence-corrected chi connectivity index (χ4v) is 6.44. The molecule has 1 saturated heterocycles. The van der Waals surface area contributed by atoms with Crippen LogP contribution in [-0.4, -0.2) is 36.4 Å². The van der Waals surface area contributed by atoms with Crippen molar-refractivity contribution < 1.29 is 17.9 Å². The van der Waals surface area contributed by atoms with E-state index in [1.165, 1.54) is 30.5 Å². The average molecular weight is 549 g/mol. The minimum absolute atomic E-state index is 0.0562. The lowest BCUT2D eigenvalue weighted by molar-refractivity contribution is 0.0997. The van der Waals surface area contributed by atoms with Crippen molar-refractivity contribution >= 4 is 44.8 Å². The lowest BCUT2D eigenvalue weighted by atomic mass is 9.97. The molecule has 0 bridgehead atoms. The summed E-state index contributed by atoms with van der Waals surface area (Å²) in [6.07, 6.45) is 2.24. The number of sulfone groups is 1. The van der Waals surface area contributed by atoms with Gasteiger partial charge >= 0.3 is 0 Å². The first kappa shape index (κ1) is 26.2. The Balaban J connectivity index is 1.70. The molecule has 0 radical (unpaired) electrons. The van der Waals surface area contributed by atoms with Crippen LogP contribution in [0.1, 0.15) is 43.1 Å². The summed E-state index contributed by atoms with van der Waals surface area (Å²) in [7, 11) is -4.24. The molecule has 4 rings (SSSR count). The molecule has 2 N–H and O–H groups in total. The molecule has 3 aromatic rings. The maximum atomic E-state index is 13.7. The number of carbonyl (C=O) groups excluding carboxylic acids is 1. The smallest absolute Gasteiger partial charge is 0.253 e. The second-order valence-corrected chi connectivity index (χ2v) is 12.2. The van der Waals surface area contributed by atoms with Gasteiger partial charge < -0.3 is 15.4 Å². The molecular weight excluding hydrogens is 523 g/mol. The van der Waals surface area contributed by atoms with Crippen LogP contribution in [0.4, 0.5) is 5.82 Å². The second kappa shape index (κ2) is 9.88. The summed E-state index contributed by atoms with van der Waals surface area (Å²) in [5, 5.41) is 0.625. The molecule has 0 aliphatic carbocycles. The largest absolute Gasteiger partial charge is 0.473 e. The molecule has 0 spiro atoms. The van der Waals surface area contributed by atoms with Gasteiger partial charge in [-0.3, -0.25) is 4.79 Å². The van der Waals surface area contributed by atoms with Crippen LogP contribution in [0.3, 0.4) is 0 Å². The molecule has 3 heterocycles. The summed E-state index contributed by atoms with van der Waals surface area (Å²) >= 11 is 12.1. The summed E-state index contributed by atoms with van der Waals surface area (Å²) in [5.74, 6) is -0.210. The quantitative estimate of drug-likeness (QED) is 0.445. The third-order valence-corrected chi connectivity index (χ3v) is 8.41. The first-order valence-corrected chi connectivity index (χ1v) is 13.5. The van der Waals surface area contributed by atoms with E-state index in [1.54, 1.807) is 18.2 Å². The van der Waals surface area contributed by atoms with Crippen LogP contribution in [0.5, 0.6) is 5.88 Å². The maximum absolute atomic E-state index is 13.7. The predicted octanol–water partition coefficient (Wildman–Crippen LogP) is 4.92. The van der Waals surface area contributed by atoms with E-state index in [2.05, 4.69) is 16.9 Å². The number of anilines is 1. The van der Waals surface area contributed by atoms with Gasteiger partial charge in [-0.2, -0.15) is 0 Å². The summed E-state index contributed by atoms with van der Waals surface area (Å²) in [5.41, 5.74) is 5.89. The highest BCUT2D eigenvalue weighted by atomic mass is 35.5. The van der Waals surface area contributed by atoms with E-state index in [0.29, 0.717) is 28.1 Å². The highest BCUT2D eigenvalue weighted by Gasteiger charge is 2.40. The number of hydrogen-bond acceptors (Lipinski definition) is 7. The Labute approximate surface area is 220 Å². The van der Waals surface area contributed by atoms with E-state index in [1.807, 2.05) is 18.7 Å². The van der Waals surface area contributed by atoms with Crippen molar-refractivity contribution in [3.05, 3.63) is 69.8 Å². The van der Waals surface area contributed by atoms with Crippen molar-refractivity contribution in [3.8, 4) is 5.88 Å². The van der Waals surface area contributed by atoms with Crippen LogP contribution in [0, 0.1) is 5.92 Å². The molecule has 1 atom stereocenters. The van der Waals surface area contributed by atoms with Crippen molar-refractivity contribution in [2.45, 2.75) is 49.3 Å². The maximum Gasteiger partial charge on any atom is 0.253 e. The van der Waals surface area contributed by atoms with Gasteiger partial charge in [0.15, 0.2) is 5.03 Å². The summed E-state index contributed by atoms with van der Waals surface area (Å²) < 4.78 is 33.0. The number of carbonyl (C=O) groups is 1. The van der Waals surface area contributed by atoms with Crippen molar-refractivity contribution in [2.75, 3.05) is 11.4 Å². The Hall–Kier alpha value is -2.88. The van der Waals surface area contributed by atoms with Crippen LogP contribution in [0.15, 0.2) is 58.6 Å². The first-order chi connectivity index (χ1) is 16.9. The molecular formula is C25H26Cl2N4O4S. The average Bonchev–Trinajstić information content (AvgIpc) is 3.09. The number of benzene rings is 1. The monoisotopic (exact) mass is 548 g/mol. The highest BCUT2D eigenvalue weighted by Crippen LogP contribution is 2.39. The van der Waals surface area contributed by atoms with Crippen molar-refractivity contribution in [3.63, 3.8) is 0 Å². The molecule has 11 heteroatoms. The highest BCUT2D eigenvalue weighted by molar-refractivity contribution is 7.91. The lowest BCUT2D eigenvalue weighted by Gasteiger charge is -2.33. The molecule has 8 nitrogen and oxygen atoms in total. The standard InChI is InChI=1S/C25H26Cl2N4O4S/c1-15-12-25(2,3)31(13-15)24-22(23(28)32)19(9-10-29-24)36(33,34)21-6-4-5-20(30-21)35-14-16-7-8-17(26)11-18(16)27/h4-11,15H,12-14H2,1-3H3,(H2,28,32). The van der Waals surface area contributed by atoms with Crippen LogP contribution in [0.25, 0.3) is 0 Å². The molecule has 2 aromatic heterocycles. The number of pyridine rings is 2. The number of nitrogens with zero attached hydrogens (tertiary/aromatic N) is 3. The number of primary amides is 1. The zero-order chi connectivity index (χ0) is 26.3. The summed E-state index contributed by atoms with van der Waals surface area (Å²) in [6, 6.07) is 10.6. The van der Waals surface area contributed by atoms with Gasteiger partial charge in [0.25, 0.3) is 5.91 Å². The van der Waals surface area contributed by atoms with Gasteiger partial charge in [-0.15, -0.1) is 0 Å². The number of ether oxygens (including phenoxy) is 1. The van der Waals surface area contributed by atoms with Gasteiger partial charge in [0.1, 0.15) is 18.0 Å². The molecule has 36 heavy (non-hydrogen) atoms. The van der Waals surface area contributed by atoms with Gasteiger partial charge in [0.05, 0.1) is 4.90 Å².